The summed E-state index contributed by atoms with van der Waals surface area (Å²) in [5.74, 6) is -0.346. The van der Waals surface area contributed by atoms with Gasteiger partial charge < -0.3 is 16.8 Å². The summed E-state index contributed by atoms with van der Waals surface area (Å²) in [4.78, 5) is 20.8. The highest BCUT2D eigenvalue weighted by Gasteiger charge is 2.19. The Balaban J connectivity index is 2.14. The third-order valence-corrected chi connectivity index (χ3v) is 4.96. The monoisotopic (exact) mass is 395 g/mol. The van der Waals surface area contributed by atoms with Crippen LogP contribution in [-0.2, 0) is 6.42 Å². The minimum absolute atomic E-state index is 0.172. The molecule has 0 bridgehead atoms. The normalized spacial score (nSPS) is 13.2. The van der Waals surface area contributed by atoms with Crippen molar-refractivity contribution in [3.05, 3.63) is 56.5 Å². The Labute approximate surface area is 159 Å². The molecule has 0 saturated heterocycles. The van der Waals surface area contributed by atoms with E-state index in [0.717, 1.165) is 17.7 Å². The van der Waals surface area contributed by atoms with E-state index in [-0.39, 0.29) is 18.3 Å². The number of carbonyl (C=O) groups is 1. The molecule has 0 saturated carbocycles. The number of benzene rings is 1. The molecule has 26 heavy (non-hydrogen) atoms. The minimum atomic E-state index is -0.412. The van der Waals surface area contributed by atoms with Crippen LogP contribution in [-0.4, -0.2) is 37.7 Å². The van der Waals surface area contributed by atoms with Crippen LogP contribution in [0.1, 0.15) is 20.8 Å². The van der Waals surface area contributed by atoms with Gasteiger partial charge >= 0.3 is 0 Å². The van der Waals surface area contributed by atoms with Gasteiger partial charge in [0.25, 0.3) is 5.91 Å². The average Bonchev–Trinajstić information content (AvgIpc) is 3.02. The van der Waals surface area contributed by atoms with Crippen molar-refractivity contribution in [1.29, 1.82) is 0 Å². The van der Waals surface area contributed by atoms with E-state index in [2.05, 4.69) is 15.3 Å². The maximum Gasteiger partial charge on any atom is 0.261 e. The Hall–Kier alpha value is -2.29. The summed E-state index contributed by atoms with van der Waals surface area (Å²) in [5, 5.41) is 2.81. The molecule has 0 aliphatic heterocycles. The number of hydrogen-bond acceptors (Lipinski definition) is 4. The number of aliphatic imine (C=N–C) groups is 2. The van der Waals surface area contributed by atoms with E-state index in [9.17, 15) is 9.18 Å². The first-order chi connectivity index (χ1) is 12.5. The number of halogens is 2. The van der Waals surface area contributed by atoms with Gasteiger partial charge in [0.2, 0.25) is 0 Å². The Morgan fingerprint density at radius 3 is 2.81 bits per heavy atom. The predicted molar refractivity (Wildman–Crippen MR) is 105 cm³/mol. The molecular weight excluding hydrogens is 377 g/mol. The molecule has 0 spiro atoms. The molecule has 1 unspecified atom stereocenters. The molecular formula is C17H19ClFN5OS. The first-order valence-electron chi connectivity index (χ1n) is 7.75. The van der Waals surface area contributed by atoms with Crippen molar-refractivity contribution < 1.29 is 9.18 Å². The van der Waals surface area contributed by atoms with Crippen LogP contribution in [0.3, 0.4) is 0 Å². The fraction of sp³-hybridized carbons (Fsp3) is 0.235. The minimum Gasteiger partial charge on any atom is -0.390 e. The van der Waals surface area contributed by atoms with Gasteiger partial charge in [-0.1, -0.05) is 29.8 Å². The number of carbonyl (C=O) groups excluding carboxylic acids is 1. The Kier molecular flexibility index (Phi) is 7.26. The molecule has 0 aliphatic rings. The largest absolute Gasteiger partial charge is 0.390 e. The van der Waals surface area contributed by atoms with E-state index in [1.165, 1.54) is 6.07 Å². The average molecular weight is 396 g/mol. The van der Waals surface area contributed by atoms with E-state index in [4.69, 9.17) is 23.1 Å². The van der Waals surface area contributed by atoms with Crippen molar-refractivity contribution in [3.8, 4) is 0 Å². The van der Waals surface area contributed by atoms with Crippen LogP contribution in [0.5, 0.6) is 0 Å². The van der Waals surface area contributed by atoms with E-state index in [0.29, 0.717) is 32.6 Å². The van der Waals surface area contributed by atoms with Crippen LogP contribution in [0.25, 0.3) is 0 Å². The van der Waals surface area contributed by atoms with Crippen LogP contribution >= 0.6 is 22.9 Å². The number of amidine groups is 1. The van der Waals surface area contributed by atoms with Crippen molar-refractivity contribution in [3.63, 3.8) is 0 Å². The second-order valence-corrected chi connectivity index (χ2v) is 6.98. The third kappa shape index (κ3) is 4.87. The topological polar surface area (TPSA) is 106 Å². The van der Waals surface area contributed by atoms with Gasteiger partial charge in [-0.05, 0) is 24.1 Å². The Bertz CT molecular complexity index is 836. The standard InChI is InChI=1S/C17H19ClFN5OS/c1-22-16(23-9-21)12-7-14(26-15(12)18)17(25)24-11(8-20)6-10-4-2-3-5-13(10)19/h2-5,7,9,11H,6,8,20H2,1H3,(H,24,25)(H2,21,22,23). The molecule has 0 aliphatic carbocycles. The lowest BCUT2D eigenvalue weighted by Gasteiger charge is -2.16. The lowest BCUT2D eigenvalue weighted by atomic mass is 10.1. The smallest absolute Gasteiger partial charge is 0.261 e. The lowest BCUT2D eigenvalue weighted by Crippen LogP contribution is -2.41. The lowest BCUT2D eigenvalue weighted by molar-refractivity contribution is 0.0942. The number of amides is 1. The third-order valence-electron chi connectivity index (χ3n) is 3.60. The summed E-state index contributed by atoms with van der Waals surface area (Å²) in [7, 11) is 1.55. The Morgan fingerprint density at radius 1 is 1.46 bits per heavy atom. The van der Waals surface area contributed by atoms with Crippen molar-refractivity contribution in [2.24, 2.45) is 21.5 Å². The second-order valence-electron chi connectivity index (χ2n) is 5.33. The number of nitrogens with zero attached hydrogens (tertiary/aromatic N) is 2. The Morgan fingerprint density at radius 2 is 2.19 bits per heavy atom. The number of thiophene rings is 1. The first kappa shape index (κ1) is 20.0. The van der Waals surface area contributed by atoms with E-state index in [1.54, 1.807) is 31.3 Å². The van der Waals surface area contributed by atoms with Gasteiger partial charge in [0, 0.05) is 25.2 Å². The summed E-state index contributed by atoms with van der Waals surface area (Å²) in [6.45, 7) is 0.172. The summed E-state index contributed by atoms with van der Waals surface area (Å²) < 4.78 is 14.2. The summed E-state index contributed by atoms with van der Waals surface area (Å²) in [6.07, 6.45) is 1.40. The maximum atomic E-state index is 13.8. The molecule has 1 atom stereocenters. The SMILES string of the molecule is CN=C(N=CN)c1cc(C(=O)NC(CN)Cc2ccccc2F)sc1Cl. The number of rotatable bonds is 6. The summed E-state index contributed by atoms with van der Waals surface area (Å²) in [6, 6.07) is 7.57. The highest BCUT2D eigenvalue weighted by Crippen LogP contribution is 2.28. The zero-order chi connectivity index (χ0) is 19.1. The van der Waals surface area contributed by atoms with Crippen molar-refractivity contribution in [2.45, 2.75) is 12.5 Å². The molecule has 6 nitrogen and oxygen atoms in total. The van der Waals surface area contributed by atoms with Gasteiger partial charge in [-0.3, -0.25) is 9.79 Å². The van der Waals surface area contributed by atoms with Crippen LogP contribution in [0, 0.1) is 5.82 Å². The van der Waals surface area contributed by atoms with Crippen LogP contribution < -0.4 is 16.8 Å². The van der Waals surface area contributed by atoms with E-state index >= 15 is 0 Å². The van der Waals surface area contributed by atoms with Gasteiger partial charge in [0.05, 0.1) is 11.2 Å². The van der Waals surface area contributed by atoms with Crippen LogP contribution in [0.2, 0.25) is 4.34 Å². The first-order valence-corrected chi connectivity index (χ1v) is 8.94. The van der Waals surface area contributed by atoms with Crippen molar-refractivity contribution >= 4 is 41.0 Å². The second kappa shape index (κ2) is 9.42. The highest BCUT2D eigenvalue weighted by atomic mass is 35.5. The molecule has 1 aromatic heterocycles. The maximum absolute atomic E-state index is 13.8. The quantitative estimate of drug-likeness (QED) is 0.515. The van der Waals surface area contributed by atoms with Gasteiger partial charge in [0.1, 0.15) is 10.2 Å². The van der Waals surface area contributed by atoms with Gasteiger partial charge in [0.15, 0.2) is 5.84 Å². The fourth-order valence-corrected chi connectivity index (χ4v) is 3.50. The summed E-state index contributed by atoms with van der Waals surface area (Å²) in [5.41, 5.74) is 12.0. The summed E-state index contributed by atoms with van der Waals surface area (Å²) >= 11 is 7.28. The zero-order valence-electron chi connectivity index (χ0n) is 14.1. The fourth-order valence-electron chi connectivity index (χ4n) is 2.33. The van der Waals surface area contributed by atoms with E-state index < -0.39 is 6.04 Å². The molecule has 1 amide bonds. The molecule has 2 rings (SSSR count). The van der Waals surface area contributed by atoms with Gasteiger partial charge in [-0.15, -0.1) is 11.3 Å². The molecule has 0 radical (unpaired) electrons. The van der Waals surface area contributed by atoms with Gasteiger partial charge in [-0.2, -0.15) is 0 Å². The molecule has 5 N–H and O–H groups in total. The highest BCUT2D eigenvalue weighted by molar-refractivity contribution is 7.18. The van der Waals surface area contributed by atoms with Crippen LogP contribution in [0.15, 0.2) is 40.3 Å². The number of hydrogen-bond donors (Lipinski definition) is 3. The molecule has 2 aromatic rings. The molecule has 1 aromatic carbocycles. The number of nitrogens with one attached hydrogen (secondary N) is 1. The van der Waals surface area contributed by atoms with Crippen molar-refractivity contribution in [1.82, 2.24) is 5.32 Å². The molecule has 9 heteroatoms. The predicted octanol–water partition coefficient (Wildman–Crippen LogP) is 2.20. The van der Waals surface area contributed by atoms with Crippen LogP contribution in [0.4, 0.5) is 4.39 Å². The molecule has 138 valence electrons. The zero-order valence-corrected chi connectivity index (χ0v) is 15.6. The number of nitrogens with two attached hydrogens (primary N) is 2. The van der Waals surface area contributed by atoms with E-state index in [1.807, 2.05) is 0 Å². The molecule has 0 fully saturated rings. The van der Waals surface area contributed by atoms with Crippen molar-refractivity contribution in [2.75, 3.05) is 13.6 Å². The van der Waals surface area contributed by atoms with Gasteiger partial charge in [-0.25, -0.2) is 9.38 Å². The molecule has 1 heterocycles.